The minimum Gasteiger partial charge on any atom is -0.493 e. The number of hydrogen-bond acceptors (Lipinski definition) is 5. The van der Waals surface area contributed by atoms with Gasteiger partial charge in [-0.1, -0.05) is 6.07 Å². The number of hydrogen-bond donors (Lipinski definition) is 1. The van der Waals surface area contributed by atoms with Crippen molar-refractivity contribution in [3.8, 4) is 11.5 Å². The fourth-order valence-electron chi connectivity index (χ4n) is 2.48. The van der Waals surface area contributed by atoms with E-state index in [0.717, 1.165) is 14.2 Å². The topological polar surface area (TPSA) is 88.2 Å². The van der Waals surface area contributed by atoms with Crippen molar-refractivity contribution < 1.29 is 22.7 Å². The van der Waals surface area contributed by atoms with E-state index in [1.54, 1.807) is 50.6 Å². The van der Waals surface area contributed by atoms with Crippen molar-refractivity contribution in [3.63, 3.8) is 0 Å². The summed E-state index contributed by atoms with van der Waals surface area (Å²) in [5.74, 6) is 0.938. The molecule has 0 fully saturated rings. The maximum Gasteiger partial charge on any atom is 0.303 e. The van der Waals surface area contributed by atoms with E-state index in [2.05, 4.69) is 5.32 Å². The molecule has 28 heavy (non-hydrogen) atoms. The van der Waals surface area contributed by atoms with Gasteiger partial charge in [-0.25, -0.2) is 0 Å². The molecule has 9 heteroatoms. The van der Waals surface area contributed by atoms with Gasteiger partial charge in [0.2, 0.25) is 0 Å². The second-order valence-corrected chi connectivity index (χ2v) is 8.35. The van der Waals surface area contributed by atoms with Gasteiger partial charge in [-0.05, 0) is 42.0 Å². The van der Waals surface area contributed by atoms with Crippen molar-refractivity contribution in [1.82, 2.24) is 9.62 Å². The number of ether oxygens (including phenoxy) is 2. The zero-order valence-electron chi connectivity index (χ0n) is 16.6. The standard InChI is InChI=1S/C19H25N3O5S/c1-21(2)28(24,25)22(3)16-9-7-15(8-10-16)19(23)20-13-14-6-11-17(26-4)18(12-14)27-5/h6-12H,13H2,1-5H3,(H,20,23). The number of nitrogens with one attached hydrogen (secondary N) is 1. The second kappa shape index (κ2) is 8.94. The van der Waals surface area contributed by atoms with E-state index >= 15 is 0 Å². The van der Waals surface area contributed by atoms with E-state index in [9.17, 15) is 13.2 Å². The summed E-state index contributed by atoms with van der Waals surface area (Å²) in [5, 5.41) is 2.83. The smallest absolute Gasteiger partial charge is 0.303 e. The van der Waals surface area contributed by atoms with Crippen LogP contribution in [0.15, 0.2) is 42.5 Å². The van der Waals surface area contributed by atoms with Gasteiger partial charge in [-0.3, -0.25) is 9.10 Å². The van der Waals surface area contributed by atoms with Crippen molar-refractivity contribution >= 4 is 21.8 Å². The Hall–Kier alpha value is -2.78. The molecule has 2 aromatic carbocycles. The van der Waals surface area contributed by atoms with Gasteiger partial charge in [0.25, 0.3) is 5.91 Å². The molecule has 0 aromatic heterocycles. The molecule has 0 spiro atoms. The van der Waals surface area contributed by atoms with Gasteiger partial charge in [0.1, 0.15) is 0 Å². The summed E-state index contributed by atoms with van der Waals surface area (Å²) in [4.78, 5) is 12.4. The van der Waals surface area contributed by atoms with Gasteiger partial charge in [0.05, 0.1) is 19.9 Å². The molecule has 2 rings (SSSR count). The van der Waals surface area contributed by atoms with Crippen LogP contribution in [0.1, 0.15) is 15.9 Å². The molecule has 8 nitrogen and oxygen atoms in total. The molecule has 0 saturated heterocycles. The zero-order chi connectivity index (χ0) is 20.9. The lowest BCUT2D eigenvalue weighted by molar-refractivity contribution is 0.0951. The molecule has 2 aromatic rings. The average molecular weight is 407 g/mol. The number of carbonyl (C=O) groups excluding carboxylic acids is 1. The first-order valence-electron chi connectivity index (χ1n) is 8.46. The van der Waals surface area contributed by atoms with Crippen LogP contribution in [0.25, 0.3) is 0 Å². The number of methoxy groups -OCH3 is 2. The Kier molecular flexibility index (Phi) is 6.87. The Morgan fingerprint density at radius 1 is 0.964 bits per heavy atom. The molecule has 0 heterocycles. The van der Waals surface area contributed by atoms with Crippen molar-refractivity contribution in [3.05, 3.63) is 53.6 Å². The molecule has 0 atom stereocenters. The Morgan fingerprint density at radius 2 is 1.57 bits per heavy atom. The van der Waals surface area contributed by atoms with E-state index in [0.29, 0.717) is 29.3 Å². The largest absolute Gasteiger partial charge is 0.493 e. The molecule has 1 N–H and O–H groups in total. The number of amides is 1. The molecule has 0 radical (unpaired) electrons. The van der Waals surface area contributed by atoms with Crippen molar-refractivity contribution in [2.75, 3.05) is 39.7 Å². The van der Waals surface area contributed by atoms with Gasteiger partial charge in [0.15, 0.2) is 11.5 Å². The molecule has 0 unspecified atom stereocenters. The molecule has 0 saturated carbocycles. The lowest BCUT2D eigenvalue weighted by atomic mass is 10.1. The number of rotatable bonds is 8. The molecular weight excluding hydrogens is 382 g/mol. The number of carbonyl (C=O) groups is 1. The molecule has 0 bridgehead atoms. The number of benzene rings is 2. The Labute approximate surface area is 165 Å². The van der Waals surface area contributed by atoms with Crippen LogP contribution in [0.4, 0.5) is 5.69 Å². The summed E-state index contributed by atoms with van der Waals surface area (Å²) in [6, 6.07) is 11.8. The molecule has 0 aliphatic heterocycles. The monoisotopic (exact) mass is 407 g/mol. The predicted octanol–water partition coefficient (Wildman–Crippen LogP) is 1.88. The van der Waals surface area contributed by atoms with Crippen molar-refractivity contribution in [2.45, 2.75) is 6.54 Å². The Morgan fingerprint density at radius 3 is 2.11 bits per heavy atom. The van der Waals surface area contributed by atoms with Crippen LogP contribution in [0, 0.1) is 0 Å². The van der Waals surface area contributed by atoms with Crippen LogP contribution in [0.3, 0.4) is 0 Å². The lowest BCUT2D eigenvalue weighted by Gasteiger charge is -2.23. The SMILES string of the molecule is COc1ccc(CNC(=O)c2ccc(N(C)S(=O)(=O)N(C)C)cc2)cc1OC. The van der Waals surface area contributed by atoms with Crippen LogP contribution < -0.4 is 19.1 Å². The van der Waals surface area contributed by atoms with Crippen LogP contribution >= 0.6 is 0 Å². The van der Waals surface area contributed by atoms with Crippen LogP contribution in [0.5, 0.6) is 11.5 Å². The molecular formula is C19H25N3O5S. The summed E-state index contributed by atoms with van der Waals surface area (Å²) in [6.45, 7) is 0.315. The van der Waals surface area contributed by atoms with E-state index in [1.807, 2.05) is 6.07 Å². The first kappa shape index (κ1) is 21.5. The summed E-state index contributed by atoms with van der Waals surface area (Å²) in [6.07, 6.45) is 0. The minimum absolute atomic E-state index is 0.264. The normalized spacial score (nSPS) is 11.2. The van der Waals surface area contributed by atoms with Gasteiger partial charge in [-0.2, -0.15) is 12.7 Å². The average Bonchev–Trinajstić information content (AvgIpc) is 2.71. The molecule has 152 valence electrons. The minimum atomic E-state index is -3.58. The molecule has 0 aliphatic carbocycles. The fraction of sp³-hybridized carbons (Fsp3) is 0.316. The van der Waals surface area contributed by atoms with E-state index < -0.39 is 10.2 Å². The molecule has 0 aliphatic rings. The van der Waals surface area contributed by atoms with Crippen LogP contribution in [0.2, 0.25) is 0 Å². The maximum atomic E-state index is 12.4. The van der Waals surface area contributed by atoms with Gasteiger partial charge in [0, 0.05) is 33.3 Å². The summed E-state index contributed by atoms with van der Waals surface area (Å²) < 4.78 is 37.0. The van der Waals surface area contributed by atoms with Gasteiger partial charge in [-0.15, -0.1) is 0 Å². The highest BCUT2D eigenvalue weighted by Gasteiger charge is 2.21. The summed E-state index contributed by atoms with van der Waals surface area (Å²) in [5.41, 5.74) is 1.75. The second-order valence-electron chi connectivity index (χ2n) is 6.18. The van der Waals surface area contributed by atoms with E-state index in [1.165, 1.54) is 21.1 Å². The lowest BCUT2D eigenvalue weighted by Crippen LogP contribution is -2.37. The van der Waals surface area contributed by atoms with Crippen LogP contribution in [-0.4, -0.2) is 54.0 Å². The third-order valence-corrected chi connectivity index (χ3v) is 6.03. The van der Waals surface area contributed by atoms with Crippen molar-refractivity contribution in [1.29, 1.82) is 0 Å². The van der Waals surface area contributed by atoms with Crippen LogP contribution in [-0.2, 0) is 16.8 Å². The van der Waals surface area contributed by atoms with Gasteiger partial charge >= 0.3 is 10.2 Å². The van der Waals surface area contributed by atoms with Gasteiger partial charge < -0.3 is 14.8 Å². The molecule has 1 amide bonds. The highest BCUT2D eigenvalue weighted by molar-refractivity contribution is 7.90. The highest BCUT2D eigenvalue weighted by atomic mass is 32.2. The fourth-order valence-corrected chi connectivity index (χ4v) is 3.35. The Bertz CT molecular complexity index is 927. The van der Waals surface area contributed by atoms with E-state index in [4.69, 9.17) is 9.47 Å². The Balaban J connectivity index is 2.06. The highest BCUT2D eigenvalue weighted by Crippen LogP contribution is 2.27. The third-order valence-electron chi connectivity index (χ3n) is 4.20. The van der Waals surface area contributed by atoms with E-state index in [-0.39, 0.29) is 5.91 Å². The maximum absolute atomic E-state index is 12.4. The summed E-state index contributed by atoms with van der Waals surface area (Å²) in [7, 11) is 3.91. The first-order valence-corrected chi connectivity index (χ1v) is 9.86. The van der Waals surface area contributed by atoms with Crippen molar-refractivity contribution in [2.24, 2.45) is 0 Å². The summed E-state index contributed by atoms with van der Waals surface area (Å²) >= 11 is 0. The zero-order valence-corrected chi connectivity index (χ0v) is 17.4. The number of nitrogens with zero attached hydrogens (tertiary/aromatic N) is 2. The third kappa shape index (κ3) is 4.73. The number of anilines is 1. The first-order chi connectivity index (χ1) is 13.2. The quantitative estimate of drug-likeness (QED) is 0.722. The predicted molar refractivity (Wildman–Crippen MR) is 108 cm³/mol.